The van der Waals surface area contributed by atoms with Gasteiger partial charge in [-0.15, -0.1) is 0 Å². The van der Waals surface area contributed by atoms with E-state index in [9.17, 15) is 9.90 Å². The van der Waals surface area contributed by atoms with Crippen LogP contribution in [-0.4, -0.2) is 36.1 Å². The first-order valence-electron chi connectivity index (χ1n) is 7.00. The normalized spacial score (nSPS) is 21.8. The summed E-state index contributed by atoms with van der Waals surface area (Å²) in [7, 11) is 2.15. The van der Waals surface area contributed by atoms with Gasteiger partial charge in [0.1, 0.15) is 0 Å². The van der Waals surface area contributed by atoms with Crippen molar-refractivity contribution in [2.45, 2.75) is 32.1 Å². The smallest absolute Gasteiger partial charge is 0.311 e. The summed E-state index contributed by atoms with van der Waals surface area (Å²) < 4.78 is 0. The minimum absolute atomic E-state index is 0.112. The number of hydrogen-bond acceptors (Lipinski definition) is 2. The van der Waals surface area contributed by atoms with Gasteiger partial charge in [0.2, 0.25) is 0 Å². The van der Waals surface area contributed by atoms with Gasteiger partial charge in [0.15, 0.2) is 0 Å². The Morgan fingerprint density at radius 2 is 1.95 bits per heavy atom. The predicted molar refractivity (Wildman–Crippen MR) is 76.5 cm³/mol. The molecule has 1 aromatic carbocycles. The van der Waals surface area contributed by atoms with E-state index in [1.807, 2.05) is 26.0 Å². The van der Waals surface area contributed by atoms with Crippen LogP contribution in [0.1, 0.15) is 43.2 Å². The van der Waals surface area contributed by atoms with Crippen molar-refractivity contribution >= 4 is 5.97 Å². The molecule has 104 valence electrons. The second-order valence-corrected chi connectivity index (χ2v) is 5.97. The van der Waals surface area contributed by atoms with Crippen LogP contribution in [-0.2, 0) is 4.79 Å². The quantitative estimate of drug-likeness (QED) is 0.906. The zero-order chi connectivity index (χ0) is 14.0. The Morgan fingerprint density at radius 3 is 2.37 bits per heavy atom. The summed E-state index contributed by atoms with van der Waals surface area (Å²) in [5.41, 5.74) is 2.25. The summed E-state index contributed by atoms with van der Waals surface area (Å²) in [4.78, 5) is 13.7. The van der Waals surface area contributed by atoms with Crippen LogP contribution < -0.4 is 0 Å². The summed E-state index contributed by atoms with van der Waals surface area (Å²) in [5.74, 6) is -0.425. The number of nitrogens with zero attached hydrogens (tertiary/aromatic N) is 1. The molecule has 1 fully saturated rings. The molecule has 1 saturated heterocycles. The molecule has 0 saturated carbocycles. The number of carboxylic acids is 1. The first-order valence-corrected chi connectivity index (χ1v) is 7.00. The molecule has 2 atom stereocenters. The largest absolute Gasteiger partial charge is 0.481 e. The number of carboxylic acid groups (broad SMARTS) is 1. The van der Waals surface area contributed by atoms with Gasteiger partial charge in [-0.1, -0.05) is 38.1 Å². The van der Waals surface area contributed by atoms with Crippen LogP contribution in [0.2, 0.25) is 0 Å². The number of likely N-dealkylation sites (N-methyl/N-ethyl adjacent to an activating group) is 1. The molecule has 3 nitrogen and oxygen atoms in total. The van der Waals surface area contributed by atoms with Gasteiger partial charge in [-0.25, -0.2) is 0 Å². The molecular weight excluding hydrogens is 238 g/mol. The summed E-state index contributed by atoms with van der Waals surface area (Å²) in [5, 5.41) is 9.31. The van der Waals surface area contributed by atoms with E-state index in [4.69, 9.17) is 0 Å². The van der Waals surface area contributed by atoms with Gasteiger partial charge in [0, 0.05) is 6.54 Å². The van der Waals surface area contributed by atoms with Gasteiger partial charge < -0.3 is 10.0 Å². The summed E-state index contributed by atoms with van der Waals surface area (Å²) >= 11 is 0. The van der Waals surface area contributed by atoms with Crippen molar-refractivity contribution in [1.29, 1.82) is 0 Å². The van der Waals surface area contributed by atoms with Crippen molar-refractivity contribution in [3.05, 3.63) is 35.4 Å². The fourth-order valence-electron chi connectivity index (χ4n) is 3.00. The summed E-state index contributed by atoms with van der Waals surface area (Å²) in [6.45, 7) is 6.17. The van der Waals surface area contributed by atoms with Crippen molar-refractivity contribution in [3.63, 3.8) is 0 Å². The van der Waals surface area contributed by atoms with Gasteiger partial charge in [-0.3, -0.25) is 4.79 Å². The molecule has 0 aromatic heterocycles. The molecule has 1 heterocycles. The average Bonchev–Trinajstić information content (AvgIpc) is 2.76. The first-order chi connectivity index (χ1) is 8.99. The molecule has 0 bridgehead atoms. The number of rotatable bonds is 4. The number of hydrogen-bond donors (Lipinski definition) is 1. The molecule has 19 heavy (non-hydrogen) atoms. The average molecular weight is 261 g/mol. The van der Waals surface area contributed by atoms with E-state index in [0.29, 0.717) is 5.92 Å². The van der Waals surface area contributed by atoms with Crippen molar-refractivity contribution in [1.82, 2.24) is 4.90 Å². The molecule has 2 rings (SSSR count). The third-order valence-electron chi connectivity index (χ3n) is 4.09. The molecule has 3 heteroatoms. The Bertz CT molecular complexity index is 439. The van der Waals surface area contributed by atoms with Gasteiger partial charge in [0.25, 0.3) is 0 Å². The topological polar surface area (TPSA) is 40.5 Å². The van der Waals surface area contributed by atoms with Crippen molar-refractivity contribution in [2.24, 2.45) is 5.92 Å². The van der Waals surface area contributed by atoms with E-state index >= 15 is 0 Å². The number of carbonyl (C=O) groups is 1. The van der Waals surface area contributed by atoms with Crippen molar-refractivity contribution < 1.29 is 9.90 Å². The number of benzene rings is 1. The van der Waals surface area contributed by atoms with E-state index in [-0.39, 0.29) is 5.92 Å². The Morgan fingerprint density at radius 1 is 1.32 bits per heavy atom. The molecule has 0 spiro atoms. The molecule has 1 aliphatic rings. The SMILES string of the molecule is CC(C)C(C(=O)O)c1ccc(C2CCN(C)C2)cc1. The minimum Gasteiger partial charge on any atom is -0.481 e. The summed E-state index contributed by atoms with van der Waals surface area (Å²) in [6.07, 6.45) is 1.20. The van der Waals surface area contributed by atoms with Crippen molar-refractivity contribution in [2.75, 3.05) is 20.1 Å². The van der Waals surface area contributed by atoms with Gasteiger partial charge >= 0.3 is 5.97 Å². The van der Waals surface area contributed by atoms with E-state index in [0.717, 1.165) is 18.7 Å². The van der Waals surface area contributed by atoms with E-state index < -0.39 is 11.9 Å². The maximum Gasteiger partial charge on any atom is 0.311 e. The molecular formula is C16H23NO2. The molecule has 0 aliphatic carbocycles. The Kier molecular flexibility index (Phi) is 4.25. The lowest BCUT2D eigenvalue weighted by Crippen LogP contribution is -2.17. The highest BCUT2D eigenvalue weighted by Gasteiger charge is 2.25. The zero-order valence-electron chi connectivity index (χ0n) is 12.0. The fraction of sp³-hybridized carbons (Fsp3) is 0.562. The Hall–Kier alpha value is -1.35. The first kappa shape index (κ1) is 14.1. The third kappa shape index (κ3) is 3.16. The maximum atomic E-state index is 11.3. The minimum atomic E-state index is -0.733. The lowest BCUT2D eigenvalue weighted by atomic mass is 9.87. The zero-order valence-corrected chi connectivity index (χ0v) is 12.0. The number of aliphatic carboxylic acids is 1. The second-order valence-electron chi connectivity index (χ2n) is 5.97. The molecule has 1 N–H and O–H groups in total. The maximum absolute atomic E-state index is 11.3. The fourth-order valence-corrected chi connectivity index (χ4v) is 3.00. The molecule has 0 amide bonds. The van der Waals surface area contributed by atoms with Gasteiger partial charge in [-0.2, -0.15) is 0 Å². The highest BCUT2D eigenvalue weighted by atomic mass is 16.4. The van der Waals surface area contributed by atoms with Gasteiger partial charge in [0.05, 0.1) is 5.92 Å². The monoisotopic (exact) mass is 261 g/mol. The predicted octanol–water partition coefficient (Wildman–Crippen LogP) is 2.93. The van der Waals surface area contributed by atoms with Crippen LogP contribution in [0.25, 0.3) is 0 Å². The molecule has 1 aliphatic heterocycles. The molecule has 2 unspecified atom stereocenters. The highest BCUT2D eigenvalue weighted by Crippen LogP contribution is 2.29. The van der Waals surface area contributed by atoms with Crippen LogP contribution in [0.5, 0.6) is 0 Å². The van der Waals surface area contributed by atoms with Crippen LogP contribution in [0.15, 0.2) is 24.3 Å². The van der Waals surface area contributed by atoms with E-state index in [1.54, 1.807) is 0 Å². The standard InChI is InChI=1S/C16H23NO2/c1-11(2)15(16(18)19)13-6-4-12(5-7-13)14-8-9-17(3)10-14/h4-7,11,14-15H,8-10H2,1-3H3,(H,18,19). The van der Waals surface area contributed by atoms with Crippen LogP contribution >= 0.6 is 0 Å². The second kappa shape index (κ2) is 5.74. The van der Waals surface area contributed by atoms with Crippen LogP contribution in [0, 0.1) is 5.92 Å². The van der Waals surface area contributed by atoms with E-state index in [2.05, 4.69) is 24.1 Å². The summed E-state index contributed by atoms with van der Waals surface area (Å²) in [6, 6.07) is 8.20. The Balaban J connectivity index is 2.15. The molecule has 1 aromatic rings. The van der Waals surface area contributed by atoms with Crippen LogP contribution in [0.4, 0.5) is 0 Å². The van der Waals surface area contributed by atoms with Crippen molar-refractivity contribution in [3.8, 4) is 0 Å². The molecule has 0 radical (unpaired) electrons. The van der Waals surface area contributed by atoms with Crippen LogP contribution in [0.3, 0.4) is 0 Å². The lowest BCUT2D eigenvalue weighted by molar-refractivity contribution is -0.139. The number of likely N-dealkylation sites (tertiary alicyclic amines) is 1. The lowest BCUT2D eigenvalue weighted by Gasteiger charge is -2.18. The Labute approximate surface area is 115 Å². The van der Waals surface area contributed by atoms with E-state index in [1.165, 1.54) is 12.0 Å². The highest BCUT2D eigenvalue weighted by molar-refractivity contribution is 5.76. The van der Waals surface area contributed by atoms with Gasteiger partial charge in [-0.05, 0) is 43.0 Å². The third-order valence-corrected chi connectivity index (χ3v) is 4.09.